The fourth-order valence-electron chi connectivity index (χ4n) is 1.31. The number of carboxylic acid groups (broad SMARTS) is 1. The van der Waals surface area contributed by atoms with Gasteiger partial charge in [-0.1, -0.05) is 18.2 Å². The fraction of sp³-hybridized carbons (Fsp3) is 0.0714. The summed E-state index contributed by atoms with van der Waals surface area (Å²) in [6, 6.07) is 12.4. The predicted octanol–water partition coefficient (Wildman–Crippen LogP) is 2.80. The summed E-state index contributed by atoms with van der Waals surface area (Å²) in [6.07, 6.45) is 0. The van der Waals surface area contributed by atoms with Crippen LogP contribution in [-0.2, 0) is 0 Å². The molecule has 0 atom stereocenters. The first-order valence-electron chi connectivity index (χ1n) is 5.42. The van der Waals surface area contributed by atoms with E-state index in [1.165, 1.54) is 31.4 Å². The number of carboxylic acids is 1. The quantitative estimate of drug-likeness (QED) is 0.817. The summed E-state index contributed by atoms with van der Waals surface area (Å²) in [5, 5.41) is 8.69. The molecule has 2 aromatic rings. The van der Waals surface area contributed by atoms with Gasteiger partial charge in [-0.2, -0.15) is 0 Å². The van der Waals surface area contributed by atoms with Crippen molar-refractivity contribution in [3.63, 3.8) is 0 Å². The molecule has 5 heteroatoms. The van der Waals surface area contributed by atoms with Crippen LogP contribution in [0.5, 0.6) is 5.75 Å². The summed E-state index contributed by atoms with van der Waals surface area (Å²) in [5.41, 5.74) is 5.89. The van der Waals surface area contributed by atoms with E-state index < -0.39 is 5.97 Å². The van der Waals surface area contributed by atoms with Gasteiger partial charge in [-0.3, -0.25) is 0 Å². The van der Waals surface area contributed by atoms with Crippen LogP contribution in [0.1, 0.15) is 10.4 Å². The maximum absolute atomic E-state index is 11.9. The van der Waals surface area contributed by atoms with Crippen molar-refractivity contribution in [2.45, 2.75) is 0 Å². The molecule has 0 saturated carbocycles. The van der Waals surface area contributed by atoms with Crippen molar-refractivity contribution in [1.29, 1.82) is 0 Å². The maximum atomic E-state index is 11.9. The first-order valence-corrected chi connectivity index (χ1v) is 5.42. The third kappa shape index (κ3) is 4.67. The van der Waals surface area contributed by atoms with Crippen LogP contribution in [0.2, 0.25) is 0 Å². The van der Waals surface area contributed by atoms with E-state index in [1.54, 1.807) is 24.3 Å². The number of nitrogens with two attached hydrogens (primary N) is 1. The lowest BCUT2D eigenvalue weighted by Gasteiger charge is -2.04. The molecule has 0 spiro atoms. The zero-order chi connectivity index (χ0) is 14.3. The van der Waals surface area contributed by atoms with Gasteiger partial charge >= 0.3 is 5.97 Å². The number of nitrogen functional groups attached to an aromatic ring is 1. The van der Waals surface area contributed by atoms with Gasteiger partial charge in [0, 0.05) is 5.69 Å². The van der Waals surface area contributed by atoms with Crippen LogP contribution in [0.3, 0.4) is 0 Å². The molecular formula is C14H14FNO3. The molecule has 0 bridgehead atoms. The SMILES string of the molecule is COc1ccc(N)cc1C(=O)O.Fc1ccccc1. The van der Waals surface area contributed by atoms with Crippen molar-refractivity contribution in [3.05, 3.63) is 59.9 Å². The third-order valence-electron chi connectivity index (χ3n) is 2.19. The summed E-state index contributed by atoms with van der Waals surface area (Å²) < 4.78 is 16.7. The largest absolute Gasteiger partial charge is 0.496 e. The molecule has 3 N–H and O–H groups in total. The van der Waals surface area contributed by atoms with Crippen molar-refractivity contribution in [1.82, 2.24) is 0 Å². The second-order valence-electron chi connectivity index (χ2n) is 3.56. The summed E-state index contributed by atoms with van der Waals surface area (Å²) in [5.74, 6) is -0.904. The number of hydrogen-bond acceptors (Lipinski definition) is 3. The minimum absolute atomic E-state index is 0.0810. The van der Waals surface area contributed by atoms with Crippen LogP contribution in [0.15, 0.2) is 48.5 Å². The Balaban J connectivity index is 0.000000218. The Morgan fingerprint density at radius 3 is 2.26 bits per heavy atom. The van der Waals surface area contributed by atoms with E-state index in [0.29, 0.717) is 11.4 Å². The molecule has 2 aromatic carbocycles. The van der Waals surface area contributed by atoms with Gasteiger partial charge < -0.3 is 15.6 Å². The van der Waals surface area contributed by atoms with Gasteiger partial charge in [-0.05, 0) is 30.3 Å². The van der Waals surface area contributed by atoms with E-state index in [0.717, 1.165) is 0 Å². The Morgan fingerprint density at radius 1 is 1.21 bits per heavy atom. The van der Waals surface area contributed by atoms with Crippen LogP contribution in [0.4, 0.5) is 10.1 Å². The fourth-order valence-corrected chi connectivity index (χ4v) is 1.31. The van der Waals surface area contributed by atoms with Gasteiger partial charge in [0.15, 0.2) is 0 Å². The number of halogens is 1. The summed E-state index contributed by atoms with van der Waals surface area (Å²) in [4.78, 5) is 10.6. The lowest BCUT2D eigenvalue weighted by molar-refractivity contribution is 0.0693. The van der Waals surface area contributed by atoms with Crippen molar-refractivity contribution in [2.24, 2.45) is 0 Å². The van der Waals surface area contributed by atoms with Gasteiger partial charge in [0.05, 0.1) is 7.11 Å². The average molecular weight is 263 g/mol. The number of carbonyl (C=O) groups is 1. The lowest BCUT2D eigenvalue weighted by atomic mass is 10.2. The summed E-state index contributed by atoms with van der Waals surface area (Å²) in [6.45, 7) is 0. The molecule has 0 radical (unpaired) electrons. The zero-order valence-corrected chi connectivity index (χ0v) is 10.3. The van der Waals surface area contributed by atoms with Gasteiger partial charge in [-0.15, -0.1) is 0 Å². The molecule has 0 saturated heterocycles. The number of ether oxygens (including phenoxy) is 1. The topological polar surface area (TPSA) is 72.5 Å². The Kier molecular flexibility index (Phi) is 5.35. The Labute approximate surface area is 110 Å². The van der Waals surface area contributed by atoms with Crippen molar-refractivity contribution >= 4 is 11.7 Å². The summed E-state index contributed by atoms with van der Waals surface area (Å²) >= 11 is 0. The average Bonchev–Trinajstić information content (AvgIpc) is 2.40. The van der Waals surface area contributed by atoms with Crippen molar-refractivity contribution < 1.29 is 19.0 Å². The van der Waals surface area contributed by atoms with E-state index in [9.17, 15) is 9.18 Å². The van der Waals surface area contributed by atoms with Gasteiger partial charge in [0.25, 0.3) is 0 Å². The molecule has 0 fully saturated rings. The number of anilines is 1. The number of methoxy groups -OCH3 is 1. The highest BCUT2D eigenvalue weighted by Gasteiger charge is 2.09. The van der Waals surface area contributed by atoms with Crippen LogP contribution in [0, 0.1) is 5.82 Å². The number of aromatic carboxylic acids is 1. The smallest absolute Gasteiger partial charge is 0.339 e. The van der Waals surface area contributed by atoms with E-state index in [1.807, 2.05) is 0 Å². The number of hydrogen-bond donors (Lipinski definition) is 2. The second kappa shape index (κ2) is 7.00. The molecule has 0 aliphatic rings. The monoisotopic (exact) mass is 263 g/mol. The molecule has 4 nitrogen and oxygen atoms in total. The van der Waals surface area contributed by atoms with Crippen LogP contribution in [-0.4, -0.2) is 18.2 Å². The summed E-state index contributed by atoms with van der Waals surface area (Å²) in [7, 11) is 1.41. The van der Waals surface area contributed by atoms with E-state index in [-0.39, 0.29) is 11.4 Å². The van der Waals surface area contributed by atoms with E-state index in [2.05, 4.69) is 0 Å². The van der Waals surface area contributed by atoms with Crippen LogP contribution in [0.25, 0.3) is 0 Å². The molecule has 19 heavy (non-hydrogen) atoms. The molecule has 100 valence electrons. The minimum atomic E-state index is -1.04. The van der Waals surface area contributed by atoms with E-state index in [4.69, 9.17) is 15.6 Å². The van der Waals surface area contributed by atoms with Crippen LogP contribution < -0.4 is 10.5 Å². The Bertz CT molecular complexity index is 544. The highest BCUT2D eigenvalue weighted by Crippen LogP contribution is 2.20. The lowest BCUT2D eigenvalue weighted by Crippen LogP contribution is -2.01. The first-order chi connectivity index (χ1) is 9.04. The van der Waals surface area contributed by atoms with Crippen molar-refractivity contribution in [2.75, 3.05) is 12.8 Å². The van der Waals surface area contributed by atoms with Crippen molar-refractivity contribution in [3.8, 4) is 5.75 Å². The van der Waals surface area contributed by atoms with Gasteiger partial charge in [0.1, 0.15) is 17.1 Å². The Morgan fingerprint density at radius 2 is 1.84 bits per heavy atom. The number of benzene rings is 2. The molecular weight excluding hydrogens is 249 g/mol. The second-order valence-corrected chi connectivity index (χ2v) is 3.56. The van der Waals surface area contributed by atoms with E-state index >= 15 is 0 Å². The number of rotatable bonds is 2. The molecule has 0 heterocycles. The highest BCUT2D eigenvalue weighted by molar-refractivity contribution is 5.92. The van der Waals surface area contributed by atoms with Crippen LogP contribution >= 0.6 is 0 Å². The molecule has 0 aliphatic heterocycles. The standard InChI is InChI=1S/C8H9NO3.C6H5F/c1-12-7-3-2-5(9)4-6(7)8(10)11;7-6-4-2-1-3-5-6/h2-4H,9H2,1H3,(H,10,11);1-5H. The minimum Gasteiger partial charge on any atom is -0.496 e. The maximum Gasteiger partial charge on any atom is 0.339 e. The molecule has 0 unspecified atom stereocenters. The molecule has 0 aliphatic carbocycles. The highest BCUT2D eigenvalue weighted by atomic mass is 19.1. The van der Waals surface area contributed by atoms with Gasteiger partial charge in [-0.25, -0.2) is 9.18 Å². The normalized spacial score (nSPS) is 9.16. The molecule has 0 amide bonds. The van der Waals surface area contributed by atoms with Gasteiger partial charge in [0.2, 0.25) is 0 Å². The molecule has 0 aromatic heterocycles. The first kappa shape index (κ1) is 14.5. The zero-order valence-electron chi connectivity index (χ0n) is 10.3. The Hall–Kier alpha value is -2.56. The third-order valence-corrected chi connectivity index (χ3v) is 2.19. The molecule has 2 rings (SSSR count). The predicted molar refractivity (Wildman–Crippen MR) is 70.8 cm³/mol.